The van der Waals surface area contributed by atoms with Gasteiger partial charge in [-0.15, -0.1) is 0 Å². The fraction of sp³-hybridized carbons (Fsp3) is 0.636. The van der Waals surface area contributed by atoms with Gasteiger partial charge in [-0.3, -0.25) is 4.79 Å². The minimum atomic E-state index is -0.114. The van der Waals surface area contributed by atoms with Crippen molar-refractivity contribution in [2.24, 2.45) is 0 Å². The molecule has 0 fully saturated rings. The first-order valence-corrected chi connectivity index (χ1v) is 6.18. The Kier molecular flexibility index (Phi) is 5.15. The molecule has 0 aliphatic rings. The van der Waals surface area contributed by atoms with Gasteiger partial charge in [0, 0.05) is 13.5 Å². The summed E-state index contributed by atoms with van der Waals surface area (Å²) in [5.41, 5.74) is 0.710. The van der Waals surface area contributed by atoms with Crippen LogP contribution in [0, 0.1) is 0 Å². The Bertz CT molecular complexity index is 403. The van der Waals surface area contributed by atoms with E-state index in [0.29, 0.717) is 16.7 Å². The van der Waals surface area contributed by atoms with Crippen LogP contribution in [0.2, 0.25) is 0 Å². The zero-order valence-electron chi connectivity index (χ0n) is 9.84. The quantitative estimate of drug-likeness (QED) is 0.902. The molecule has 1 atom stereocenters. The molecule has 5 heteroatoms. The Morgan fingerprint density at radius 2 is 2.25 bits per heavy atom. The molecule has 4 nitrogen and oxygen atoms in total. The van der Waals surface area contributed by atoms with Crippen molar-refractivity contribution < 1.29 is 4.74 Å². The van der Waals surface area contributed by atoms with Crippen LogP contribution in [-0.2, 0) is 17.6 Å². The molecule has 0 aromatic carbocycles. The van der Waals surface area contributed by atoms with E-state index in [0.717, 1.165) is 18.5 Å². The van der Waals surface area contributed by atoms with Gasteiger partial charge in [-0.25, -0.2) is 4.98 Å². The van der Waals surface area contributed by atoms with Gasteiger partial charge < -0.3 is 9.72 Å². The van der Waals surface area contributed by atoms with E-state index >= 15 is 0 Å². The Hall–Kier alpha value is -0.680. The number of hydrogen-bond acceptors (Lipinski definition) is 3. The number of H-pyrrole nitrogens is 1. The summed E-state index contributed by atoms with van der Waals surface area (Å²) in [6.45, 7) is 4.01. The molecule has 0 radical (unpaired) electrons. The molecule has 0 spiro atoms. The van der Waals surface area contributed by atoms with Crippen molar-refractivity contribution in [1.29, 1.82) is 0 Å². The summed E-state index contributed by atoms with van der Waals surface area (Å²) in [4.78, 5) is 18.8. The maximum absolute atomic E-state index is 11.6. The van der Waals surface area contributed by atoms with Gasteiger partial charge in [-0.2, -0.15) is 0 Å². The third-order valence-corrected chi connectivity index (χ3v) is 3.17. The topological polar surface area (TPSA) is 55.0 Å². The predicted octanol–water partition coefficient (Wildman–Crippen LogP) is 2.06. The average Bonchev–Trinajstić information content (AvgIpc) is 2.25. The zero-order chi connectivity index (χ0) is 12.1. The Labute approximate surface area is 104 Å². The minimum absolute atomic E-state index is 0.0544. The van der Waals surface area contributed by atoms with Crippen LogP contribution in [0.1, 0.15) is 31.8 Å². The summed E-state index contributed by atoms with van der Waals surface area (Å²) >= 11 is 3.26. The number of aromatic amines is 1. The number of aryl methyl sites for hydroxylation is 1. The van der Waals surface area contributed by atoms with E-state index in [1.165, 1.54) is 0 Å². The summed E-state index contributed by atoms with van der Waals surface area (Å²) in [7, 11) is 1.65. The lowest BCUT2D eigenvalue weighted by Gasteiger charge is -2.10. The van der Waals surface area contributed by atoms with Crippen molar-refractivity contribution in [1.82, 2.24) is 9.97 Å². The number of nitrogens with zero attached hydrogens (tertiary/aromatic N) is 1. The van der Waals surface area contributed by atoms with Crippen LogP contribution in [0.5, 0.6) is 0 Å². The van der Waals surface area contributed by atoms with Gasteiger partial charge in [0.15, 0.2) is 0 Å². The molecule has 0 saturated carbocycles. The molecule has 16 heavy (non-hydrogen) atoms. The number of nitrogens with one attached hydrogen (secondary N) is 1. The van der Waals surface area contributed by atoms with Crippen LogP contribution in [0.15, 0.2) is 9.27 Å². The number of methoxy groups -OCH3 is 1. The standard InChI is InChI=1S/C11H17BrN2O2/c1-4-5-8-10(12)11(15)14-9(13-8)6-7(2)16-3/h7H,4-6H2,1-3H3,(H,13,14,15). The summed E-state index contributed by atoms with van der Waals surface area (Å²) in [6, 6.07) is 0. The van der Waals surface area contributed by atoms with Crippen LogP contribution < -0.4 is 5.56 Å². The second kappa shape index (κ2) is 6.15. The van der Waals surface area contributed by atoms with Gasteiger partial charge in [-0.05, 0) is 29.3 Å². The first kappa shape index (κ1) is 13.4. The van der Waals surface area contributed by atoms with Gasteiger partial charge in [-0.1, -0.05) is 13.3 Å². The van der Waals surface area contributed by atoms with Gasteiger partial charge in [0.25, 0.3) is 5.56 Å². The lowest BCUT2D eigenvalue weighted by atomic mass is 10.2. The summed E-state index contributed by atoms with van der Waals surface area (Å²) in [5, 5.41) is 0. The first-order valence-electron chi connectivity index (χ1n) is 5.38. The molecule has 1 heterocycles. The van der Waals surface area contributed by atoms with E-state index in [9.17, 15) is 4.79 Å². The van der Waals surface area contributed by atoms with Crippen molar-refractivity contribution in [2.45, 2.75) is 39.2 Å². The highest BCUT2D eigenvalue weighted by Gasteiger charge is 2.10. The smallest absolute Gasteiger partial charge is 0.265 e. The highest BCUT2D eigenvalue weighted by atomic mass is 79.9. The Balaban J connectivity index is 2.99. The minimum Gasteiger partial charge on any atom is -0.381 e. The van der Waals surface area contributed by atoms with Gasteiger partial charge in [0.1, 0.15) is 10.3 Å². The number of aromatic nitrogens is 2. The lowest BCUT2D eigenvalue weighted by Crippen LogP contribution is -2.19. The molecule has 1 unspecified atom stereocenters. The van der Waals surface area contributed by atoms with Gasteiger partial charge in [0.2, 0.25) is 0 Å². The van der Waals surface area contributed by atoms with Crippen molar-refractivity contribution in [2.75, 3.05) is 7.11 Å². The normalized spacial score (nSPS) is 12.8. The maximum Gasteiger partial charge on any atom is 0.265 e. The van der Waals surface area contributed by atoms with Crippen molar-refractivity contribution in [3.8, 4) is 0 Å². The highest BCUT2D eigenvalue weighted by molar-refractivity contribution is 9.10. The molecule has 1 rings (SSSR count). The van der Waals surface area contributed by atoms with E-state index in [4.69, 9.17) is 4.74 Å². The monoisotopic (exact) mass is 288 g/mol. The van der Waals surface area contributed by atoms with Crippen molar-refractivity contribution in [3.05, 3.63) is 26.3 Å². The second-order valence-electron chi connectivity index (χ2n) is 3.77. The van der Waals surface area contributed by atoms with Crippen molar-refractivity contribution >= 4 is 15.9 Å². The fourth-order valence-electron chi connectivity index (χ4n) is 1.41. The number of ether oxygens (including phenoxy) is 1. The summed E-state index contributed by atoms with van der Waals surface area (Å²) in [6.07, 6.45) is 2.45. The average molecular weight is 289 g/mol. The van der Waals surface area contributed by atoms with E-state index < -0.39 is 0 Å². The molecule has 0 aliphatic carbocycles. The second-order valence-corrected chi connectivity index (χ2v) is 4.57. The van der Waals surface area contributed by atoms with E-state index in [1.54, 1.807) is 7.11 Å². The van der Waals surface area contributed by atoms with Crippen LogP contribution >= 0.6 is 15.9 Å². The zero-order valence-corrected chi connectivity index (χ0v) is 11.4. The summed E-state index contributed by atoms with van der Waals surface area (Å²) in [5.74, 6) is 0.686. The first-order chi connectivity index (χ1) is 7.58. The third-order valence-electron chi connectivity index (χ3n) is 2.35. The molecule has 1 aromatic rings. The van der Waals surface area contributed by atoms with E-state index in [-0.39, 0.29) is 11.7 Å². The van der Waals surface area contributed by atoms with Crippen molar-refractivity contribution in [3.63, 3.8) is 0 Å². The number of halogens is 1. The Morgan fingerprint density at radius 3 is 2.81 bits per heavy atom. The molecular formula is C11H17BrN2O2. The van der Waals surface area contributed by atoms with E-state index in [1.807, 2.05) is 6.92 Å². The highest BCUT2D eigenvalue weighted by Crippen LogP contribution is 2.11. The SMILES string of the molecule is CCCc1nc(CC(C)OC)[nH]c(=O)c1Br. The molecule has 1 N–H and O–H groups in total. The molecule has 0 aliphatic heterocycles. The third kappa shape index (κ3) is 3.42. The summed E-state index contributed by atoms with van der Waals surface area (Å²) < 4.78 is 5.69. The molecule has 0 saturated heterocycles. The van der Waals surface area contributed by atoms with Gasteiger partial charge >= 0.3 is 0 Å². The fourth-order valence-corrected chi connectivity index (χ4v) is 1.80. The predicted molar refractivity (Wildman–Crippen MR) is 66.7 cm³/mol. The molecule has 0 amide bonds. The Morgan fingerprint density at radius 1 is 1.56 bits per heavy atom. The maximum atomic E-state index is 11.6. The molecule has 90 valence electrons. The van der Waals surface area contributed by atoms with E-state index in [2.05, 4.69) is 32.8 Å². The van der Waals surface area contributed by atoms with Crippen LogP contribution in [0.25, 0.3) is 0 Å². The molecule has 1 aromatic heterocycles. The largest absolute Gasteiger partial charge is 0.381 e. The molecular weight excluding hydrogens is 272 g/mol. The van der Waals surface area contributed by atoms with Crippen LogP contribution in [0.4, 0.5) is 0 Å². The van der Waals surface area contributed by atoms with Gasteiger partial charge in [0.05, 0.1) is 11.8 Å². The lowest BCUT2D eigenvalue weighted by molar-refractivity contribution is 0.117. The number of hydrogen-bond donors (Lipinski definition) is 1. The van der Waals surface area contributed by atoms with Crippen LogP contribution in [0.3, 0.4) is 0 Å². The molecule has 0 bridgehead atoms. The number of rotatable bonds is 5. The van der Waals surface area contributed by atoms with Crippen LogP contribution in [-0.4, -0.2) is 23.2 Å².